The molecular weight excluding hydrogens is 300 g/mol. The second-order valence-electron chi connectivity index (χ2n) is 6.63. The first kappa shape index (κ1) is 16.7. The van der Waals surface area contributed by atoms with Crippen molar-refractivity contribution in [1.29, 1.82) is 0 Å². The van der Waals surface area contributed by atoms with E-state index in [0.717, 1.165) is 18.5 Å². The Morgan fingerprint density at radius 1 is 1.25 bits per heavy atom. The number of hydrogen-bond acceptors (Lipinski definition) is 3. The maximum atomic E-state index is 11.1. The lowest BCUT2D eigenvalue weighted by molar-refractivity contribution is -0.384. The molecule has 0 aliphatic heterocycles. The number of aryl methyl sites for hydroxylation is 1. The Bertz CT molecular complexity index is 714. The molecule has 24 heavy (non-hydrogen) atoms. The number of fused-ring (bicyclic) bond motifs is 1. The summed E-state index contributed by atoms with van der Waals surface area (Å²) in [5, 5.41) is 14.3. The number of nitro benzene ring substituents is 1. The Balaban J connectivity index is 1.85. The predicted molar refractivity (Wildman–Crippen MR) is 96.5 cm³/mol. The van der Waals surface area contributed by atoms with Crippen LogP contribution < -0.4 is 5.32 Å². The molecule has 2 unspecified atom stereocenters. The summed E-state index contributed by atoms with van der Waals surface area (Å²) in [6, 6.07) is 15.8. The Hall–Kier alpha value is -2.20. The molecule has 2 atom stereocenters. The highest BCUT2D eigenvalue weighted by atomic mass is 16.6. The number of nitro groups is 1. The molecule has 0 amide bonds. The van der Waals surface area contributed by atoms with E-state index in [2.05, 4.69) is 29.6 Å². The van der Waals surface area contributed by atoms with Crippen molar-refractivity contribution in [3.8, 4) is 0 Å². The van der Waals surface area contributed by atoms with Crippen LogP contribution in [-0.2, 0) is 6.42 Å². The lowest BCUT2D eigenvalue weighted by atomic mass is 9.77. The molecule has 126 valence electrons. The highest BCUT2D eigenvalue weighted by Crippen LogP contribution is 2.38. The Kier molecular flexibility index (Phi) is 5.26. The SMILES string of the molecule is CNCC(CC1CCCc2ccccc21)c1cccc([N+](=O)[O-])c1. The topological polar surface area (TPSA) is 55.2 Å². The fourth-order valence-electron chi connectivity index (χ4n) is 3.92. The van der Waals surface area contributed by atoms with Gasteiger partial charge in [-0.05, 0) is 61.3 Å². The zero-order valence-corrected chi connectivity index (χ0v) is 14.1. The van der Waals surface area contributed by atoms with Gasteiger partial charge in [-0.3, -0.25) is 10.1 Å². The van der Waals surface area contributed by atoms with Crippen LogP contribution in [0.2, 0.25) is 0 Å². The number of non-ortho nitro benzene ring substituents is 1. The van der Waals surface area contributed by atoms with Crippen LogP contribution in [0.4, 0.5) is 5.69 Å². The summed E-state index contributed by atoms with van der Waals surface area (Å²) in [5.74, 6) is 0.818. The van der Waals surface area contributed by atoms with Gasteiger partial charge in [-0.1, -0.05) is 36.4 Å². The quantitative estimate of drug-likeness (QED) is 0.632. The summed E-state index contributed by atoms with van der Waals surface area (Å²) in [6.07, 6.45) is 4.62. The second kappa shape index (κ2) is 7.58. The smallest absolute Gasteiger partial charge is 0.269 e. The molecule has 0 heterocycles. The van der Waals surface area contributed by atoms with E-state index >= 15 is 0 Å². The Morgan fingerprint density at radius 2 is 2.08 bits per heavy atom. The largest absolute Gasteiger partial charge is 0.319 e. The summed E-state index contributed by atoms with van der Waals surface area (Å²) >= 11 is 0. The highest BCUT2D eigenvalue weighted by Gasteiger charge is 2.24. The molecule has 4 nitrogen and oxygen atoms in total. The van der Waals surface area contributed by atoms with E-state index in [1.807, 2.05) is 13.1 Å². The Labute approximate surface area is 143 Å². The highest BCUT2D eigenvalue weighted by molar-refractivity contribution is 5.37. The van der Waals surface area contributed by atoms with Crippen molar-refractivity contribution < 1.29 is 4.92 Å². The van der Waals surface area contributed by atoms with Crippen LogP contribution in [0.5, 0.6) is 0 Å². The van der Waals surface area contributed by atoms with Gasteiger partial charge in [0.15, 0.2) is 0 Å². The third-order valence-corrected chi connectivity index (χ3v) is 5.07. The number of hydrogen-bond donors (Lipinski definition) is 1. The van der Waals surface area contributed by atoms with E-state index in [9.17, 15) is 10.1 Å². The molecule has 1 aliphatic carbocycles. The van der Waals surface area contributed by atoms with Gasteiger partial charge in [-0.2, -0.15) is 0 Å². The van der Waals surface area contributed by atoms with Gasteiger partial charge in [-0.15, -0.1) is 0 Å². The van der Waals surface area contributed by atoms with Crippen LogP contribution in [0, 0.1) is 10.1 Å². The molecule has 1 aliphatic rings. The first-order chi connectivity index (χ1) is 11.7. The molecule has 2 aromatic carbocycles. The number of likely N-dealkylation sites (N-methyl/N-ethyl adjacent to an activating group) is 1. The lowest BCUT2D eigenvalue weighted by Gasteiger charge is -2.29. The molecule has 0 spiro atoms. The van der Waals surface area contributed by atoms with Gasteiger partial charge in [0, 0.05) is 18.7 Å². The molecule has 2 aromatic rings. The van der Waals surface area contributed by atoms with E-state index < -0.39 is 0 Å². The normalized spacial score (nSPS) is 18.0. The van der Waals surface area contributed by atoms with Crippen LogP contribution in [-0.4, -0.2) is 18.5 Å². The van der Waals surface area contributed by atoms with Gasteiger partial charge in [0.25, 0.3) is 5.69 Å². The van der Waals surface area contributed by atoms with Gasteiger partial charge in [0.05, 0.1) is 4.92 Å². The van der Waals surface area contributed by atoms with Crippen LogP contribution in [0.15, 0.2) is 48.5 Å². The average molecular weight is 324 g/mol. The minimum atomic E-state index is -0.310. The van der Waals surface area contributed by atoms with Crippen LogP contribution in [0.25, 0.3) is 0 Å². The van der Waals surface area contributed by atoms with E-state index in [4.69, 9.17) is 0 Å². The molecule has 0 bridgehead atoms. The fourth-order valence-corrected chi connectivity index (χ4v) is 3.92. The Morgan fingerprint density at radius 3 is 2.88 bits per heavy atom. The first-order valence-corrected chi connectivity index (χ1v) is 8.65. The third-order valence-electron chi connectivity index (χ3n) is 5.07. The van der Waals surface area contributed by atoms with Crippen molar-refractivity contribution in [1.82, 2.24) is 5.32 Å². The van der Waals surface area contributed by atoms with Crippen LogP contribution in [0.1, 0.15) is 47.8 Å². The molecule has 0 saturated heterocycles. The van der Waals surface area contributed by atoms with Crippen molar-refractivity contribution in [2.45, 2.75) is 37.5 Å². The minimum Gasteiger partial charge on any atom is -0.319 e. The molecule has 0 saturated carbocycles. The maximum Gasteiger partial charge on any atom is 0.269 e. The zero-order chi connectivity index (χ0) is 16.9. The van der Waals surface area contributed by atoms with Crippen LogP contribution in [0.3, 0.4) is 0 Å². The van der Waals surface area contributed by atoms with Crippen molar-refractivity contribution in [2.75, 3.05) is 13.6 Å². The van der Waals surface area contributed by atoms with Crippen LogP contribution >= 0.6 is 0 Å². The number of rotatable bonds is 6. The van der Waals surface area contributed by atoms with Gasteiger partial charge in [0.1, 0.15) is 0 Å². The molecule has 0 radical (unpaired) electrons. The summed E-state index contributed by atoms with van der Waals surface area (Å²) in [4.78, 5) is 10.8. The number of nitrogens with zero attached hydrogens (tertiary/aromatic N) is 1. The van der Waals surface area contributed by atoms with E-state index in [1.54, 1.807) is 18.2 Å². The monoisotopic (exact) mass is 324 g/mol. The summed E-state index contributed by atoms with van der Waals surface area (Å²) in [7, 11) is 1.94. The molecule has 3 rings (SSSR count). The van der Waals surface area contributed by atoms with Crippen molar-refractivity contribution in [3.05, 3.63) is 75.3 Å². The summed E-state index contributed by atoms with van der Waals surface area (Å²) < 4.78 is 0. The summed E-state index contributed by atoms with van der Waals surface area (Å²) in [5.41, 5.74) is 4.17. The average Bonchev–Trinajstić information content (AvgIpc) is 2.61. The molecule has 0 aromatic heterocycles. The van der Waals surface area contributed by atoms with E-state index in [-0.39, 0.29) is 16.5 Å². The van der Waals surface area contributed by atoms with Gasteiger partial charge in [0.2, 0.25) is 0 Å². The fraction of sp³-hybridized carbons (Fsp3) is 0.400. The predicted octanol–water partition coefficient (Wildman–Crippen LogP) is 4.41. The van der Waals surface area contributed by atoms with Crippen molar-refractivity contribution in [2.24, 2.45) is 0 Å². The number of nitrogens with one attached hydrogen (secondary N) is 1. The van der Waals surface area contributed by atoms with E-state index in [1.165, 1.54) is 30.4 Å². The number of benzene rings is 2. The maximum absolute atomic E-state index is 11.1. The molecule has 1 N–H and O–H groups in total. The van der Waals surface area contributed by atoms with Gasteiger partial charge >= 0.3 is 0 Å². The second-order valence-corrected chi connectivity index (χ2v) is 6.63. The van der Waals surface area contributed by atoms with Gasteiger partial charge in [-0.25, -0.2) is 0 Å². The van der Waals surface area contributed by atoms with Crippen molar-refractivity contribution >= 4 is 5.69 Å². The molecule has 4 heteroatoms. The van der Waals surface area contributed by atoms with Gasteiger partial charge < -0.3 is 5.32 Å². The lowest BCUT2D eigenvalue weighted by Crippen LogP contribution is -2.21. The standard InChI is InChI=1S/C20H24N2O2/c1-21-14-18(16-8-5-10-19(13-16)22(23)24)12-17-9-4-7-15-6-2-3-11-20(15)17/h2-3,5-6,8,10-11,13,17-18,21H,4,7,9,12,14H2,1H3. The minimum absolute atomic E-state index is 0.178. The zero-order valence-electron chi connectivity index (χ0n) is 14.1. The molecule has 0 fully saturated rings. The first-order valence-electron chi connectivity index (χ1n) is 8.65. The summed E-state index contributed by atoms with van der Waals surface area (Å²) in [6.45, 7) is 0.833. The molecular formula is C20H24N2O2. The third kappa shape index (κ3) is 3.65. The van der Waals surface area contributed by atoms with E-state index in [0.29, 0.717) is 5.92 Å². The van der Waals surface area contributed by atoms with Crippen molar-refractivity contribution in [3.63, 3.8) is 0 Å².